The number of hydrogen-bond acceptors (Lipinski definition) is 5. The van der Waals surface area contributed by atoms with Crippen molar-refractivity contribution in [3.8, 4) is 0 Å². The lowest BCUT2D eigenvalue weighted by Crippen LogP contribution is -2.25. The standard InChI is InChI=1S/C13H15N3O2S/c1-18-8-12-16-11(9-19-12)4-6-15-13(17)10-3-2-5-14-7-10/h2-3,5,7,9H,4,6,8H2,1H3,(H,15,17). The highest BCUT2D eigenvalue weighted by molar-refractivity contribution is 7.09. The number of methoxy groups -OCH3 is 1. The third-order valence-electron chi connectivity index (χ3n) is 2.46. The molecule has 19 heavy (non-hydrogen) atoms. The second-order valence-electron chi connectivity index (χ2n) is 3.91. The molecule has 6 heteroatoms. The summed E-state index contributed by atoms with van der Waals surface area (Å²) in [6, 6.07) is 3.48. The van der Waals surface area contributed by atoms with Crippen molar-refractivity contribution in [1.29, 1.82) is 0 Å². The van der Waals surface area contributed by atoms with E-state index in [1.54, 1.807) is 43.0 Å². The Bertz CT molecular complexity index is 528. The van der Waals surface area contributed by atoms with Crippen LogP contribution in [0.25, 0.3) is 0 Å². The fourth-order valence-electron chi connectivity index (χ4n) is 1.56. The minimum absolute atomic E-state index is 0.111. The number of amides is 1. The van der Waals surface area contributed by atoms with Gasteiger partial charge in [-0.05, 0) is 12.1 Å². The molecule has 0 saturated carbocycles. The first-order valence-corrected chi connectivity index (χ1v) is 6.78. The van der Waals surface area contributed by atoms with Gasteiger partial charge >= 0.3 is 0 Å². The van der Waals surface area contributed by atoms with Gasteiger partial charge in [0, 0.05) is 37.8 Å². The van der Waals surface area contributed by atoms with Crippen LogP contribution in [0.15, 0.2) is 29.9 Å². The van der Waals surface area contributed by atoms with Gasteiger partial charge in [0.2, 0.25) is 0 Å². The van der Waals surface area contributed by atoms with Gasteiger partial charge in [0.05, 0.1) is 17.9 Å². The normalized spacial score (nSPS) is 10.4. The van der Waals surface area contributed by atoms with E-state index in [0.29, 0.717) is 25.1 Å². The van der Waals surface area contributed by atoms with Gasteiger partial charge in [-0.2, -0.15) is 0 Å². The fourth-order valence-corrected chi connectivity index (χ4v) is 2.36. The maximum Gasteiger partial charge on any atom is 0.252 e. The number of ether oxygens (including phenoxy) is 1. The maximum atomic E-state index is 11.8. The number of nitrogens with zero attached hydrogens (tertiary/aromatic N) is 2. The van der Waals surface area contributed by atoms with Crippen molar-refractivity contribution in [2.45, 2.75) is 13.0 Å². The molecule has 0 atom stereocenters. The molecule has 0 saturated heterocycles. The molecule has 2 aromatic heterocycles. The SMILES string of the molecule is COCc1nc(CCNC(=O)c2cccnc2)cs1. The van der Waals surface area contributed by atoms with Crippen LogP contribution in [0.5, 0.6) is 0 Å². The van der Waals surface area contributed by atoms with Crippen LogP contribution in [0.2, 0.25) is 0 Å². The summed E-state index contributed by atoms with van der Waals surface area (Å²) in [5.41, 5.74) is 1.55. The zero-order valence-corrected chi connectivity index (χ0v) is 11.4. The van der Waals surface area contributed by atoms with E-state index < -0.39 is 0 Å². The first-order valence-electron chi connectivity index (χ1n) is 5.90. The second-order valence-corrected chi connectivity index (χ2v) is 4.86. The molecule has 1 N–H and O–H groups in total. The average molecular weight is 277 g/mol. The first-order chi connectivity index (χ1) is 9.29. The molecule has 0 aliphatic heterocycles. The Labute approximate surface area is 115 Å². The lowest BCUT2D eigenvalue weighted by molar-refractivity contribution is 0.0953. The summed E-state index contributed by atoms with van der Waals surface area (Å²) in [5, 5.41) is 5.79. The zero-order valence-electron chi connectivity index (χ0n) is 10.6. The number of thiazole rings is 1. The fraction of sp³-hybridized carbons (Fsp3) is 0.308. The molecule has 100 valence electrons. The molecule has 0 bridgehead atoms. The number of carbonyl (C=O) groups excluding carboxylic acids is 1. The van der Waals surface area contributed by atoms with Crippen LogP contribution in [-0.2, 0) is 17.8 Å². The lowest BCUT2D eigenvalue weighted by atomic mass is 10.2. The van der Waals surface area contributed by atoms with Crippen molar-refractivity contribution in [2.24, 2.45) is 0 Å². The van der Waals surface area contributed by atoms with Gasteiger partial charge < -0.3 is 10.1 Å². The van der Waals surface area contributed by atoms with Crippen LogP contribution in [-0.4, -0.2) is 29.5 Å². The summed E-state index contributed by atoms with van der Waals surface area (Å²) < 4.78 is 5.01. The first kappa shape index (κ1) is 13.6. The van der Waals surface area contributed by atoms with Crippen LogP contribution in [0.4, 0.5) is 0 Å². The second kappa shape index (κ2) is 6.96. The summed E-state index contributed by atoms with van der Waals surface area (Å²) in [4.78, 5) is 20.1. The van der Waals surface area contributed by atoms with Gasteiger partial charge in [-0.15, -0.1) is 11.3 Å². The van der Waals surface area contributed by atoms with E-state index in [1.807, 2.05) is 5.38 Å². The molecule has 2 rings (SSSR count). The van der Waals surface area contributed by atoms with Gasteiger partial charge in [0.15, 0.2) is 0 Å². The molecule has 0 radical (unpaired) electrons. The predicted molar refractivity (Wildman–Crippen MR) is 73.1 cm³/mol. The van der Waals surface area contributed by atoms with Crippen molar-refractivity contribution in [3.63, 3.8) is 0 Å². The monoisotopic (exact) mass is 277 g/mol. The molecule has 0 aliphatic carbocycles. The summed E-state index contributed by atoms with van der Waals surface area (Å²) in [7, 11) is 1.65. The topological polar surface area (TPSA) is 64.1 Å². The number of rotatable bonds is 6. The van der Waals surface area contributed by atoms with Crippen molar-refractivity contribution in [3.05, 3.63) is 46.2 Å². The highest BCUT2D eigenvalue weighted by atomic mass is 32.1. The maximum absolute atomic E-state index is 11.8. The van der Waals surface area contributed by atoms with Crippen LogP contribution in [0.1, 0.15) is 21.1 Å². The Morgan fingerprint density at radius 2 is 2.42 bits per heavy atom. The number of carbonyl (C=O) groups is 1. The summed E-state index contributed by atoms with van der Waals surface area (Å²) in [6.07, 6.45) is 3.91. The molecule has 5 nitrogen and oxygen atoms in total. The van der Waals surface area contributed by atoms with Crippen LogP contribution in [0.3, 0.4) is 0 Å². The quantitative estimate of drug-likeness (QED) is 0.872. The van der Waals surface area contributed by atoms with Crippen LogP contribution < -0.4 is 5.32 Å². The van der Waals surface area contributed by atoms with Gasteiger partial charge in [-0.25, -0.2) is 4.98 Å². The molecule has 0 unspecified atom stereocenters. The molecular weight excluding hydrogens is 262 g/mol. The summed E-state index contributed by atoms with van der Waals surface area (Å²) in [6.45, 7) is 1.09. The minimum Gasteiger partial charge on any atom is -0.378 e. The Morgan fingerprint density at radius 3 is 3.16 bits per heavy atom. The molecule has 0 fully saturated rings. The number of pyridine rings is 1. The summed E-state index contributed by atoms with van der Waals surface area (Å²) >= 11 is 1.57. The van der Waals surface area contributed by atoms with E-state index in [9.17, 15) is 4.79 Å². The molecular formula is C13H15N3O2S. The molecule has 2 aromatic rings. The van der Waals surface area contributed by atoms with Crippen molar-refractivity contribution < 1.29 is 9.53 Å². The number of nitrogens with one attached hydrogen (secondary N) is 1. The zero-order chi connectivity index (χ0) is 13.5. The number of hydrogen-bond donors (Lipinski definition) is 1. The van der Waals surface area contributed by atoms with Crippen LogP contribution >= 0.6 is 11.3 Å². The Hall–Kier alpha value is -1.79. The Morgan fingerprint density at radius 1 is 1.53 bits per heavy atom. The third kappa shape index (κ3) is 4.11. The summed E-state index contributed by atoms with van der Waals surface area (Å²) in [5.74, 6) is -0.111. The number of aromatic nitrogens is 2. The van der Waals surface area contributed by atoms with Gasteiger partial charge in [-0.3, -0.25) is 9.78 Å². The average Bonchev–Trinajstić information content (AvgIpc) is 2.88. The molecule has 0 spiro atoms. The smallest absolute Gasteiger partial charge is 0.252 e. The van der Waals surface area contributed by atoms with E-state index in [2.05, 4.69) is 15.3 Å². The lowest BCUT2D eigenvalue weighted by Gasteiger charge is -2.03. The largest absolute Gasteiger partial charge is 0.378 e. The van der Waals surface area contributed by atoms with E-state index >= 15 is 0 Å². The predicted octanol–water partition coefficient (Wildman–Crippen LogP) is 1.66. The van der Waals surface area contributed by atoms with Crippen molar-refractivity contribution >= 4 is 17.2 Å². The van der Waals surface area contributed by atoms with Crippen molar-refractivity contribution in [2.75, 3.05) is 13.7 Å². The van der Waals surface area contributed by atoms with E-state index in [0.717, 1.165) is 10.7 Å². The molecule has 2 heterocycles. The highest BCUT2D eigenvalue weighted by Gasteiger charge is 2.05. The molecule has 0 aliphatic rings. The Balaban J connectivity index is 1.78. The minimum atomic E-state index is -0.111. The van der Waals surface area contributed by atoms with E-state index in [1.165, 1.54) is 0 Å². The van der Waals surface area contributed by atoms with Gasteiger partial charge in [-0.1, -0.05) is 0 Å². The molecule has 1 amide bonds. The third-order valence-corrected chi connectivity index (χ3v) is 3.33. The van der Waals surface area contributed by atoms with E-state index in [4.69, 9.17) is 4.74 Å². The Kier molecular flexibility index (Phi) is 5.00. The van der Waals surface area contributed by atoms with E-state index in [-0.39, 0.29) is 5.91 Å². The van der Waals surface area contributed by atoms with Gasteiger partial charge in [0.1, 0.15) is 5.01 Å². The molecule has 0 aromatic carbocycles. The van der Waals surface area contributed by atoms with Crippen LogP contribution in [0, 0.1) is 0 Å². The highest BCUT2D eigenvalue weighted by Crippen LogP contribution is 2.10. The van der Waals surface area contributed by atoms with Crippen molar-refractivity contribution in [1.82, 2.24) is 15.3 Å². The van der Waals surface area contributed by atoms with Gasteiger partial charge in [0.25, 0.3) is 5.91 Å².